The Balaban J connectivity index is 1.79. The first kappa shape index (κ1) is 23.9. The Bertz CT molecular complexity index is 891. The van der Waals surface area contributed by atoms with Crippen molar-refractivity contribution in [2.75, 3.05) is 46.6 Å². The van der Waals surface area contributed by atoms with Gasteiger partial charge in [0.1, 0.15) is 6.04 Å². The number of hydrogen-bond donors (Lipinski definition) is 1. The molecule has 1 unspecified atom stereocenters. The first-order chi connectivity index (χ1) is 14.7. The third kappa shape index (κ3) is 5.72. The number of methoxy groups -OCH3 is 1. The second-order valence-corrected chi connectivity index (χ2v) is 9.85. The minimum atomic E-state index is -4.06. The van der Waals surface area contributed by atoms with Crippen molar-refractivity contribution < 1.29 is 27.5 Å². The van der Waals surface area contributed by atoms with Crippen LogP contribution in [0.1, 0.15) is 12.1 Å². The zero-order valence-corrected chi connectivity index (χ0v) is 18.8. The van der Waals surface area contributed by atoms with Crippen LogP contribution in [0.5, 0.6) is 0 Å². The topological polar surface area (TPSA) is 132 Å². The Labute approximate surface area is 186 Å². The number of carbonyl (C=O) groups is 2. The number of nitrogens with two attached hydrogens (primary N) is 1. The predicted molar refractivity (Wildman–Crippen MR) is 113 cm³/mol. The number of hydrogen-bond acceptors (Lipinski definition) is 7. The van der Waals surface area contributed by atoms with E-state index in [-0.39, 0.29) is 31.9 Å². The number of pyridine rings is 1. The van der Waals surface area contributed by atoms with Crippen LogP contribution in [-0.2, 0) is 35.5 Å². The number of carbonyl (C=O) groups excluding carboxylic acids is 2. The molecule has 2 amide bonds. The van der Waals surface area contributed by atoms with Crippen molar-refractivity contribution in [3.8, 4) is 0 Å². The van der Waals surface area contributed by atoms with Crippen molar-refractivity contribution in [3.05, 3.63) is 29.0 Å². The van der Waals surface area contributed by atoms with Gasteiger partial charge in [0.2, 0.25) is 21.8 Å². The summed E-state index contributed by atoms with van der Waals surface area (Å²) in [6.07, 6.45) is 1.66. The zero-order chi connectivity index (χ0) is 22.6. The second-order valence-electron chi connectivity index (χ2n) is 7.63. The van der Waals surface area contributed by atoms with Crippen molar-refractivity contribution in [2.24, 2.45) is 11.1 Å². The Morgan fingerprint density at radius 3 is 2.65 bits per heavy atom. The molecule has 0 aliphatic carbocycles. The van der Waals surface area contributed by atoms with Crippen LogP contribution in [0.25, 0.3) is 0 Å². The van der Waals surface area contributed by atoms with Crippen molar-refractivity contribution in [1.82, 2.24) is 14.8 Å². The number of amides is 2. The van der Waals surface area contributed by atoms with Crippen LogP contribution >= 0.6 is 11.6 Å². The standard InChI is InChI=1S/C19H27ClN4O6S/c1-29-12-16(19(26)23-6-8-30-9-7-23)24-5-4-15(18(24)25)17(31(21,27)28)10-14-3-2-13(20)11-22-14/h2-3,11,15-17H,4-10,12H2,1H3,(H2,21,27,28)/t15-,16+,17?/m1/s1. The fraction of sp³-hybridized carbons (Fsp3) is 0.632. The van der Waals surface area contributed by atoms with E-state index in [1.807, 2.05) is 0 Å². The van der Waals surface area contributed by atoms with E-state index in [2.05, 4.69) is 4.98 Å². The van der Waals surface area contributed by atoms with Crippen molar-refractivity contribution in [2.45, 2.75) is 24.1 Å². The third-order valence-electron chi connectivity index (χ3n) is 5.66. The van der Waals surface area contributed by atoms with Crippen LogP contribution < -0.4 is 5.14 Å². The van der Waals surface area contributed by atoms with Gasteiger partial charge in [-0.05, 0) is 18.6 Å². The molecule has 1 aromatic rings. The molecule has 0 radical (unpaired) electrons. The summed E-state index contributed by atoms with van der Waals surface area (Å²) in [4.78, 5) is 33.5. The summed E-state index contributed by atoms with van der Waals surface area (Å²) in [6, 6.07) is 2.38. The highest BCUT2D eigenvalue weighted by Gasteiger charge is 2.46. The lowest BCUT2D eigenvalue weighted by atomic mass is 9.99. The smallest absolute Gasteiger partial charge is 0.247 e. The van der Waals surface area contributed by atoms with Crippen LogP contribution in [0.4, 0.5) is 0 Å². The fourth-order valence-corrected chi connectivity index (χ4v) is 5.27. The normalized spacial score (nSPS) is 21.9. The van der Waals surface area contributed by atoms with Gasteiger partial charge in [-0.1, -0.05) is 11.6 Å². The van der Waals surface area contributed by atoms with Gasteiger partial charge >= 0.3 is 0 Å². The summed E-state index contributed by atoms with van der Waals surface area (Å²) in [7, 11) is -2.60. The molecule has 2 aliphatic rings. The summed E-state index contributed by atoms with van der Waals surface area (Å²) >= 11 is 5.84. The van der Waals surface area contributed by atoms with Gasteiger partial charge in [0.15, 0.2) is 0 Å². The minimum Gasteiger partial charge on any atom is -0.382 e. The highest BCUT2D eigenvalue weighted by Crippen LogP contribution is 2.29. The van der Waals surface area contributed by atoms with Crippen LogP contribution in [-0.4, -0.2) is 92.9 Å². The van der Waals surface area contributed by atoms with Gasteiger partial charge in [-0.25, -0.2) is 13.6 Å². The Kier molecular flexibility index (Phi) is 7.87. The lowest BCUT2D eigenvalue weighted by Gasteiger charge is -2.34. The second kappa shape index (κ2) is 10.2. The Morgan fingerprint density at radius 2 is 2.06 bits per heavy atom. The van der Waals surface area contributed by atoms with E-state index in [9.17, 15) is 18.0 Å². The molecule has 3 heterocycles. The number of primary sulfonamides is 1. The first-order valence-electron chi connectivity index (χ1n) is 10.0. The minimum absolute atomic E-state index is 0.0212. The summed E-state index contributed by atoms with van der Waals surface area (Å²) < 4.78 is 35.2. The molecule has 2 fully saturated rings. The average Bonchev–Trinajstić information content (AvgIpc) is 3.11. The van der Waals surface area contributed by atoms with Gasteiger partial charge < -0.3 is 19.3 Å². The van der Waals surface area contributed by atoms with E-state index >= 15 is 0 Å². The summed E-state index contributed by atoms with van der Waals surface area (Å²) in [5.41, 5.74) is 0.465. The third-order valence-corrected chi connectivity index (χ3v) is 7.22. The summed E-state index contributed by atoms with van der Waals surface area (Å²) in [5, 5.41) is 4.76. The molecule has 3 atom stereocenters. The Morgan fingerprint density at radius 1 is 1.35 bits per heavy atom. The number of morpholine rings is 1. The van der Waals surface area contributed by atoms with Crippen LogP contribution in [0.15, 0.2) is 18.3 Å². The van der Waals surface area contributed by atoms with E-state index in [1.54, 1.807) is 17.0 Å². The van der Waals surface area contributed by atoms with E-state index in [4.69, 9.17) is 26.2 Å². The molecule has 0 bridgehead atoms. The van der Waals surface area contributed by atoms with Gasteiger partial charge in [-0.2, -0.15) is 0 Å². The van der Waals surface area contributed by atoms with Gasteiger partial charge in [-0.3, -0.25) is 14.6 Å². The molecule has 0 spiro atoms. The molecule has 12 heteroatoms. The lowest BCUT2D eigenvalue weighted by Crippen LogP contribution is -2.55. The zero-order valence-electron chi connectivity index (χ0n) is 17.3. The highest BCUT2D eigenvalue weighted by molar-refractivity contribution is 7.89. The molecule has 172 valence electrons. The molecule has 1 aromatic heterocycles. The fourth-order valence-electron chi connectivity index (χ4n) is 4.05. The predicted octanol–water partition coefficient (Wildman–Crippen LogP) is -0.343. The molecule has 31 heavy (non-hydrogen) atoms. The van der Waals surface area contributed by atoms with Crippen molar-refractivity contribution in [1.29, 1.82) is 0 Å². The number of rotatable bonds is 8. The highest BCUT2D eigenvalue weighted by atomic mass is 35.5. The van der Waals surface area contributed by atoms with E-state index < -0.39 is 33.1 Å². The van der Waals surface area contributed by atoms with Crippen molar-refractivity contribution in [3.63, 3.8) is 0 Å². The van der Waals surface area contributed by atoms with Gasteiger partial charge in [0, 0.05) is 45.1 Å². The number of nitrogens with zero attached hydrogens (tertiary/aromatic N) is 3. The van der Waals surface area contributed by atoms with Crippen LogP contribution in [0.3, 0.4) is 0 Å². The number of likely N-dealkylation sites (tertiary alicyclic amines) is 1. The molecule has 0 saturated carbocycles. The number of ether oxygens (including phenoxy) is 2. The van der Waals surface area contributed by atoms with E-state index in [1.165, 1.54) is 18.2 Å². The molecular weight excluding hydrogens is 448 g/mol. The Hall–Kier alpha value is -1.79. The largest absolute Gasteiger partial charge is 0.382 e. The molecular formula is C19H27ClN4O6S. The van der Waals surface area contributed by atoms with Crippen molar-refractivity contribution >= 4 is 33.4 Å². The quantitative estimate of drug-likeness (QED) is 0.544. The number of halogens is 1. The van der Waals surface area contributed by atoms with Crippen LogP contribution in [0, 0.1) is 5.92 Å². The maximum atomic E-state index is 13.3. The van der Waals surface area contributed by atoms with Gasteiger partial charge in [0.25, 0.3) is 0 Å². The molecule has 2 N–H and O–H groups in total. The summed E-state index contributed by atoms with van der Waals surface area (Å²) in [6.45, 7) is 2.01. The molecule has 0 aromatic carbocycles. The summed E-state index contributed by atoms with van der Waals surface area (Å²) in [5.74, 6) is -1.52. The lowest BCUT2D eigenvalue weighted by molar-refractivity contribution is -0.149. The van der Waals surface area contributed by atoms with E-state index in [0.717, 1.165) is 0 Å². The molecule has 10 nitrogen and oxygen atoms in total. The molecule has 2 saturated heterocycles. The average molecular weight is 475 g/mol. The molecule has 2 aliphatic heterocycles. The van der Waals surface area contributed by atoms with Gasteiger partial charge in [-0.15, -0.1) is 0 Å². The maximum absolute atomic E-state index is 13.3. The maximum Gasteiger partial charge on any atom is 0.247 e. The SMILES string of the molecule is COC[C@@H](C(=O)N1CCOCC1)N1CC[C@H](C(Cc2ccc(Cl)cn2)S(N)(=O)=O)C1=O. The van der Waals surface area contributed by atoms with Gasteiger partial charge in [0.05, 0.1) is 36.0 Å². The molecule has 3 rings (SSSR count). The van der Waals surface area contributed by atoms with Crippen LogP contribution in [0.2, 0.25) is 5.02 Å². The number of aromatic nitrogens is 1. The first-order valence-corrected chi connectivity index (χ1v) is 12.0. The monoisotopic (exact) mass is 474 g/mol. The number of sulfonamides is 1. The van der Waals surface area contributed by atoms with E-state index in [0.29, 0.717) is 37.0 Å².